The molecule has 0 saturated heterocycles. The summed E-state index contributed by atoms with van der Waals surface area (Å²) in [5, 5.41) is 13.8. The first-order valence-electron chi connectivity index (χ1n) is 6.31. The summed E-state index contributed by atoms with van der Waals surface area (Å²) in [6.07, 6.45) is 3.71. The third kappa shape index (κ3) is 3.44. The van der Waals surface area contributed by atoms with Crippen LogP contribution in [0, 0.1) is 5.92 Å². The van der Waals surface area contributed by atoms with E-state index in [-0.39, 0.29) is 12.6 Å². The molecule has 0 amide bonds. The molecule has 0 bridgehead atoms. The van der Waals surface area contributed by atoms with Crippen molar-refractivity contribution in [1.82, 2.24) is 5.32 Å². The lowest BCUT2D eigenvalue weighted by Gasteiger charge is -2.21. The Hall–Kier alpha value is -0.570. The maximum Gasteiger partial charge on any atom is 0.0626 e. The zero-order valence-electron chi connectivity index (χ0n) is 10.2. The minimum atomic E-state index is 0.0302. The number of hydrogen-bond acceptors (Lipinski definition) is 2. The van der Waals surface area contributed by atoms with Crippen LogP contribution in [0.25, 0.3) is 0 Å². The maximum atomic E-state index is 9.48. The highest BCUT2D eigenvalue weighted by Gasteiger charge is 2.23. The zero-order chi connectivity index (χ0) is 12.3. The number of aliphatic hydroxyl groups is 1. The predicted molar refractivity (Wildman–Crippen MR) is 71.2 cm³/mol. The summed E-state index contributed by atoms with van der Waals surface area (Å²) in [5.41, 5.74) is 1.11. The molecule has 1 aromatic carbocycles. The highest BCUT2D eigenvalue weighted by atomic mass is 35.5. The Bertz CT molecular complexity index is 352. The van der Waals surface area contributed by atoms with Gasteiger partial charge in [-0.05, 0) is 42.9 Å². The van der Waals surface area contributed by atoms with Gasteiger partial charge >= 0.3 is 0 Å². The number of benzene rings is 1. The lowest BCUT2D eigenvalue weighted by molar-refractivity contribution is 0.232. The van der Waals surface area contributed by atoms with E-state index in [1.54, 1.807) is 0 Å². The molecule has 1 aromatic rings. The van der Waals surface area contributed by atoms with Crippen molar-refractivity contribution in [2.75, 3.05) is 6.61 Å². The van der Waals surface area contributed by atoms with Crippen molar-refractivity contribution in [3.8, 4) is 0 Å². The van der Waals surface area contributed by atoms with Crippen molar-refractivity contribution in [2.45, 2.75) is 38.3 Å². The van der Waals surface area contributed by atoms with Crippen LogP contribution in [-0.4, -0.2) is 17.8 Å². The standard InChI is InChI=1S/C14H20ClNO/c1-10-2-7-13(8-10)16-14(9-17)11-3-5-12(15)6-4-11/h3-6,10,13-14,16-17H,2,7-9H2,1H3. The Kier molecular flexibility index (Phi) is 4.43. The average Bonchev–Trinajstić information content (AvgIpc) is 2.73. The Morgan fingerprint density at radius 1 is 1.35 bits per heavy atom. The lowest BCUT2D eigenvalue weighted by atomic mass is 10.1. The topological polar surface area (TPSA) is 32.3 Å². The smallest absolute Gasteiger partial charge is 0.0626 e. The van der Waals surface area contributed by atoms with E-state index in [1.807, 2.05) is 24.3 Å². The summed E-state index contributed by atoms with van der Waals surface area (Å²) in [7, 11) is 0. The second-order valence-corrected chi connectivity index (χ2v) is 5.50. The molecule has 17 heavy (non-hydrogen) atoms. The van der Waals surface area contributed by atoms with Gasteiger partial charge in [0.1, 0.15) is 0 Å². The van der Waals surface area contributed by atoms with Gasteiger partial charge in [0.15, 0.2) is 0 Å². The van der Waals surface area contributed by atoms with Crippen LogP contribution in [0.3, 0.4) is 0 Å². The van der Waals surface area contributed by atoms with E-state index in [1.165, 1.54) is 19.3 Å². The number of hydrogen-bond donors (Lipinski definition) is 2. The van der Waals surface area contributed by atoms with E-state index in [0.29, 0.717) is 6.04 Å². The van der Waals surface area contributed by atoms with Gasteiger partial charge in [0, 0.05) is 11.1 Å². The van der Waals surface area contributed by atoms with Gasteiger partial charge in [0.05, 0.1) is 12.6 Å². The third-order valence-corrected chi connectivity index (χ3v) is 3.84. The molecule has 0 radical (unpaired) electrons. The Labute approximate surface area is 108 Å². The highest BCUT2D eigenvalue weighted by Crippen LogP contribution is 2.27. The van der Waals surface area contributed by atoms with Gasteiger partial charge in [0.2, 0.25) is 0 Å². The van der Waals surface area contributed by atoms with E-state index in [0.717, 1.165) is 16.5 Å². The fraction of sp³-hybridized carbons (Fsp3) is 0.571. The molecular formula is C14H20ClNO. The fourth-order valence-electron chi connectivity index (χ4n) is 2.59. The normalized spacial score (nSPS) is 26.1. The summed E-state index contributed by atoms with van der Waals surface area (Å²) < 4.78 is 0. The van der Waals surface area contributed by atoms with Crippen molar-refractivity contribution in [3.63, 3.8) is 0 Å². The van der Waals surface area contributed by atoms with Gasteiger partial charge < -0.3 is 10.4 Å². The van der Waals surface area contributed by atoms with Gasteiger partial charge in [-0.3, -0.25) is 0 Å². The van der Waals surface area contributed by atoms with Gasteiger partial charge in [0.25, 0.3) is 0 Å². The van der Waals surface area contributed by atoms with Crippen molar-refractivity contribution < 1.29 is 5.11 Å². The van der Waals surface area contributed by atoms with E-state index in [9.17, 15) is 5.11 Å². The molecule has 2 nitrogen and oxygen atoms in total. The van der Waals surface area contributed by atoms with Crippen molar-refractivity contribution in [2.24, 2.45) is 5.92 Å². The van der Waals surface area contributed by atoms with Crippen molar-refractivity contribution in [3.05, 3.63) is 34.9 Å². The van der Waals surface area contributed by atoms with Crippen LogP contribution in [0.4, 0.5) is 0 Å². The first-order valence-corrected chi connectivity index (χ1v) is 6.69. The van der Waals surface area contributed by atoms with E-state index in [2.05, 4.69) is 12.2 Å². The van der Waals surface area contributed by atoms with Crippen molar-refractivity contribution in [1.29, 1.82) is 0 Å². The molecule has 1 aliphatic carbocycles. The summed E-state index contributed by atoms with van der Waals surface area (Å²) in [6.45, 7) is 2.42. The van der Waals surface area contributed by atoms with E-state index in [4.69, 9.17) is 11.6 Å². The largest absolute Gasteiger partial charge is 0.394 e. The van der Waals surface area contributed by atoms with Crippen LogP contribution in [0.15, 0.2) is 24.3 Å². The Balaban J connectivity index is 1.98. The SMILES string of the molecule is CC1CCC(NC(CO)c2ccc(Cl)cc2)C1. The first-order chi connectivity index (χ1) is 8.19. The molecule has 94 valence electrons. The minimum absolute atomic E-state index is 0.0302. The number of halogens is 1. The second-order valence-electron chi connectivity index (χ2n) is 5.07. The summed E-state index contributed by atoms with van der Waals surface area (Å²) in [4.78, 5) is 0. The molecule has 0 spiro atoms. The molecule has 1 saturated carbocycles. The van der Waals surface area contributed by atoms with Crippen LogP contribution in [-0.2, 0) is 0 Å². The highest BCUT2D eigenvalue weighted by molar-refractivity contribution is 6.30. The lowest BCUT2D eigenvalue weighted by Crippen LogP contribution is -2.33. The molecule has 3 unspecified atom stereocenters. The van der Waals surface area contributed by atoms with Gasteiger partial charge in [-0.25, -0.2) is 0 Å². The molecule has 3 heteroatoms. The van der Waals surface area contributed by atoms with Gasteiger partial charge in [-0.1, -0.05) is 30.7 Å². The molecule has 3 atom stereocenters. The molecule has 2 N–H and O–H groups in total. The van der Waals surface area contributed by atoms with E-state index >= 15 is 0 Å². The fourth-order valence-corrected chi connectivity index (χ4v) is 2.72. The minimum Gasteiger partial charge on any atom is -0.394 e. The van der Waals surface area contributed by atoms with Crippen LogP contribution < -0.4 is 5.32 Å². The van der Waals surface area contributed by atoms with Crippen LogP contribution in [0.1, 0.15) is 37.8 Å². The van der Waals surface area contributed by atoms with Gasteiger partial charge in [-0.15, -0.1) is 0 Å². The summed E-state index contributed by atoms with van der Waals surface area (Å²) in [5.74, 6) is 0.803. The quantitative estimate of drug-likeness (QED) is 0.864. The Morgan fingerprint density at radius 3 is 2.59 bits per heavy atom. The molecule has 0 heterocycles. The zero-order valence-corrected chi connectivity index (χ0v) is 11.0. The number of rotatable bonds is 4. The average molecular weight is 254 g/mol. The summed E-state index contributed by atoms with van der Waals surface area (Å²) >= 11 is 5.87. The van der Waals surface area contributed by atoms with E-state index < -0.39 is 0 Å². The first kappa shape index (κ1) is 12.9. The number of nitrogens with one attached hydrogen (secondary N) is 1. The molecule has 2 rings (SSSR count). The Morgan fingerprint density at radius 2 is 2.06 bits per heavy atom. The molecule has 0 aliphatic heterocycles. The second kappa shape index (κ2) is 5.85. The molecule has 1 fully saturated rings. The van der Waals surface area contributed by atoms with Gasteiger partial charge in [-0.2, -0.15) is 0 Å². The predicted octanol–water partition coefficient (Wildman–Crippen LogP) is 3.15. The van der Waals surface area contributed by atoms with Crippen LogP contribution in [0.2, 0.25) is 5.02 Å². The van der Waals surface area contributed by atoms with Crippen molar-refractivity contribution >= 4 is 11.6 Å². The summed E-state index contributed by atoms with van der Waals surface area (Å²) in [6, 6.07) is 8.28. The molecular weight excluding hydrogens is 234 g/mol. The third-order valence-electron chi connectivity index (χ3n) is 3.59. The van der Waals surface area contributed by atoms with Crippen LogP contribution in [0.5, 0.6) is 0 Å². The molecule has 0 aromatic heterocycles. The number of aliphatic hydroxyl groups excluding tert-OH is 1. The maximum absolute atomic E-state index is 9.48. The van der Waals surface area contributed by atoms with Crippen LogP contribution >= 0.6 is 11.6 Å². The monoisotopic (exact) mass is 253 g/mol. The molecule has 1 aliphatic rings.